The molecule has 0 amide bonds. The maximum absolute atomic E-state index is 9.30. The monoisotopic (exact) mass is 158 g/mol. The Morgan fingerprint density at radius 2 is 2.09 bits per heavy atom. The van der Waals surface area contributed by atoms with Crippen molar-refractivity contribution in [1.29, 1.82) is 0 Å². The normalized spacial score (nSPS) is 17.0. The molecule has 0 aliphatic rings. The van der Waals surface area contributed by atoms with Gasteiger partial charge in [-0.15, -0.1) is 0 Å². The molecule has 2 heteroatoms. The van der Waals surface area contributed by atoms with Gasteiger partial charge in [-0.3, -0.25) is 0 Å². The average Bonchev–Trinajstić information content (AvgIpc) is 2.00. The van der Waals surface area contributed by atoms with Crippen LogP contribution in [0.4, 0.5) is 0 Å². The van der Waals surface area contributed by atoms with E-state index in [-0.39, 0.29) is 5.92 Å². The van der Waals surface area contributed by atoms with Crippen LogP contribution in [-0.4, -0.2) is 16.3 Å². The van der Waals surface area contributed by atoms with E-state index < -0.39 is 6.10 Å². The van der Waals surface area contributed by atoms with Crippen LogP contribution in [0.5, 0.6) is 0 Å². The molecule has 0 aromatic carbocycles. The summed E-state index contributed by atoms with van der Waals surface area (Å²) in [5.41, 5.74) is 0. The molecule has 0 saturated carbocycles. The van der Waals surface area contributed by atoms with Crippen molar-refractivity contribution in [2.45, 2.75) is 39.2 Å². The van der Waals surface area contributed by atoms with E-state index in [1.807, 2.05) is 6.92 Å². The molecule has 0 fully saturated rings. The Hall–Kier alpha value is -0.500. The summed E-state index contributed by atoms with van der Waals surface area (Å²) in [4.78, 5) is 0. The number of aliphatic hydroxyl groups is 2. The molecule has 66 valence electrons. The number of hydrogen-bond donors (Lipinski definition) is 2. The van der Waals surface area contributed by atoms with Crippen LogP contribution in [0.3, 0.4) is 0 Å². The summed E-state index contributed by atoms with van der Waals surface area (Å²) in [6.45, 7) is 4.11. The van der Waals surface area contributed by atoms with Gasteiger partial charge in [0, 0.05) is 0 Å². The van der Waals surface area contributed by atoms with Crippen molar-refractivity contribution in [3.63, 3.8) is 0 Å². The Bertz CT molecular complexity index is 110. The summed E-state index contributed by atoms with van der Waals surface area (Å²) in [5.74, 6) is 0.248. The lowest BCUT2D eigenvalue weighted by molar-refractivity contribution is 0.153. The summed E-state index contributed by atoms with van der Waals surface area (Å²) in [6.07, 6.45) is 5.14. The third kappa shape index (κ3) is 4.85. The minimum absolute atomic E-state index is 0.248. The smallest absolute Gasteiger partial charge is 0.0778 e. The largest absolute Gasteiger partial charge is 0.516 e. The van der Waals surface area contributed by atoms with Gasteiger partial charge in [0.2, 0.25) is 0 Å². The van der Waals surface area contributed by atoms with Gasteiger partial charge in [-0.05, 0) is 18.4 Å². The van der Waals surface area contributed by atoms with Crippen LogP contribution in [0.15, 0.2) is 12.3 Å². The lowest BCUT2D eigenvalue weighted by Crippen LogP contribution is -2.14. The van der Waals surface area contributed by atoms with Gasteiger partial charge in [-0.2, -0.15) is 0 Å². The summed E-state index contributed by atoms with van der Waals surface area (Å²) in [7, 11) is 0. The van der Waals surface area contributed by atoms with Crippen molar-refractivity contribution in [1.82, 2.24) is 0 Å². The van der Waals surface area contributed by atoms with Gasteiger partial charge in [0.25, 0.3) is 0 Å². The molecule has 0 spiro atoms. The molecule has 2 nitrogen and oxygen atoms in total. The van der Waals surface area contributed by atoms with Crippen molar-refractivity contribution < 1.29 is 10.2 Å². The van der Waals surface area contributed by atoms with Crippen LogP contribution >= 0.6 is 0 Å². The van der Waals surface area contributed by atoms with Gasteiger partial charge >= 0.3 is 0 Å². The number of aliphatic hydroxyl groups excluding tert-OH is 2. The molecule has 2 unspecified atom stereocenters. The zero-order valence-corrected chi connectivity index (χ0v) is 7.33. The Balaban J connectivity index is 3.54. The molecule has 0 aliphatic heterocycles. The topological polar surface area (TPSA) is 40.5 Å². The molecular formula is C9H18O2. The molecule has 0 heterocycles. The third-order valence-electron chi connectivity index (χ3n) is 1.88. The highest BCUT2D eigenvalue weighted by molar-refractivity contribution is 4.84. The average molecular weight is 158 g/mol. The lowest BCUT2D eigenvalue weighted by atomic mass is 9.98. The van der Waals surface area contributed by atoms with Crippen molar-refractivity contribution in [3.8, 4) is 0 Å². The first kappa shape index (κ1) is 10.5. The summed E-state index contributed by atoms with van der Waals surface area (Å²) < 4.78 is 0. The van der Waals surface area contributed by atoms with Crippen LogP contribution in [-0.2, 0) is 0 Å². The molecule has 0 bridgehead atoms. The Kier molecular flexibility index (Phi) is 5.94. The molecule has 11 heavy (non-hydrogen) atoms. The second-order valence-electron chi connectivity index (χ2n) is 2.95. The molecule has 0 aromatic rings. The van der Waals surface area contributed by atoms with Gasteiger partial charge in [0.15, 0.2) is 0 Å². The van der Waals surface area contributed by atoms with Gasteiger partial charge in [0.1, 0.15) is 0 Å². The van der Waals surface area contributed by atoms with E-state index in [2.05, 4.69) is 6.92 Å². The second kappa shape index (κ2) is 6.23. The van der Waals surface area contributed by atoms with Gasteiger partial charge in [-0.1, -0.05) is 26.7 Å². The highest BCUT2D eigenvalue weighted by atomic mass is 16.3. The number of hydrogen-bond acceptors (Lipinski definition) is 2. The third-order valence-corrected chi connectivity index (χ3v) is 1.88. The fourth-order valence-electron chi connectivity index (χ4n) is 0.975. The quantitative estimate of drug-likeness (QED) is 0.602. The SMILES string of the molecule is CCCCC(C)C(O)C=CO. The Morgan fingerprint density at radius 3 is 2.55 bits per heavy atom. The maximum atomic E-state index is 9.30. The highest BCUT2D eigenvalue weighted by Gasteiger charge is 2.09. The molecule has 0 saturated heterocycles. The minimum atomic E-state index is -0.494. The predicted octanol–water partition coefficient (Wildman–Crippen LogP) is 2.25. The van der Waals surface area contributed by atoms with Gasteiger partial charge < -0.3 is 10.2 Å². The van der Waals surface area contributed by atoms with E-state index in [9.17, 15) is 5.11 Å². The first-order valence-corrected chi connectivity index (χ1v) is 4.21. The molecular weight excluding hydrogens is 140 g/mol. The van der Waals surface area contributed by atoms with Crippen molar-refractivity contribution in [3.05, 3.63) is 12.3 Å². The molecule has 0 aliphatic carbocycles. The van der Waals surface area contributed by atoms with Crippen molar-refractivity contribution in [2.24, 2.45) is 5.92 Å². The van der Waals surface area contributed by atoms with Crippen LogP contribution in [0.25, 0.3) is 0 Å². The number of rotatable bonds is 5. The zero-order chi connectivity index (χ0) is 8.69. The standard InChI is InChI=1S/C9H18O2/c1-3-4-5-8(2)9(11)6-7-10/h6-11H,3-5H2,1-2H3. The van der Waals surface area contributed by atoms with Crippen LogP contribution < -0.4 is 0 Å². The fraction of sp³-hybridized carbons (Fsp3) is 0.778. The molecule has 0 aromatic heterocycles. The predicted molar refractivity (Wildman–Crippen MR) is 46.5 cm³/mol. The summed E-state index contributed by atoms with van der Waals surface area (Å²) >= 11 is 0. The highest BCUT2D eigenvalue weighted by Crippen LogP contribution is 2.12. The van der Waals surface area contributed by atoms with E-state index in [0.29, 0.717) is 0 Å². The van der Waals surface area contributed by atoms with E-state index in [1.54, 1.807) is 0 Å². The summed E-state index contributed by atoms with van der Waals surface area (Å²) in [5, 5.41) is 17.7. The maximum Gasteiger partial charge on any atom is 0.0778 e. The van der Waals surface area contributed by atoms with E-state index >= 15 is 0 Å². The van der Waals surface area contributed by atoms with E-state index in [4.69, 9.17) is 5.11 Å². The Morgan fingerprint density at radius 1 is 1.45 bits per heavy atom. The second-order valence-corrected chi connectivity index (χ2v) is 2.95. The van der Waals surface area contributed by atoms with Crippen LogP contribution in [0.1, 0.15) is 33.1 Å². The van der Waals surface area contributed by atoms with Crippen LogP contribution in [0.2, 0.25) is 0 Å². The van der Waals surface area contributed by atoms with Crippen LogP contribution in [0, 0.1) is 5.92 Å². The van der Waals surface area contributed by atoms with E-state index in [1.165, 1.54) is 6.08 Å². The zero-order valence-electron chi connectivity index (χ0n) is 7.33. The first-order valence-electron chi connectivity index (χ1n) is 4.21. The van der Waals surface area contributed by atoms with Crippen molar-refractivity contribution in [2.75, 3.05) is 0 Å². The fourth-order valence-corrected chi connectivity index (χ4v) is 0.975. The molecule has 2 N–H and O–H groups in total. The number of unbranched alkanes of at least 4 members (excludes halogenated alkanes) is 1. The lowest BCUT2D eigenvalue weighted by Gasteiger charge is -2.13. The first-order chi connectivity index (χ1) is 5.22. The van der Waals surface area contributed by atoms with E-state index in [0.717, 1.165) is 25.5 Å². The molecule has 2 atom stereocenters. The minimum Gasteiger partial charge on any atom is -0.516 e. The molecule has 0 radical (unpaired) electrons. The summed E-state index contributed by atoms with van der Waals surface area (Å²) in [6, 6.07) is 0. The Labute approximate surface area is 68.6 Å². The van der Waals surface area contributed by atoms with Gasteiger partial charge in [-0.25, -0.2) is 0 Å². The van der Waals surface area contributed by atoms with Gasteiger partial charge in [0.05, 0.1) is 12.4 Å². The molecule has 0 rings (SSSR count). The van der Waals surface area contributed by atoms with Crippen molar-refractivity contribution >= 4 is 0 Å².